The molecule has 0 radical (unpaired) electrons. The fourth-order valence-electron chi connectivity index (χ4n) is 2.86. The van der Waals surface area contributed by atoms with E-state index in [0.29, 0.717) is 6.04 Å². The molecule has 0 aromatic carbocycles. The molecule has 5 heteroatoms. The van der Waals surface area contributed by atoms with Crippen LogP contribution in [0.3, 0.4) is 0 Å². The largest absolute Gasteiger partial charge is 0.337 e. The van der Waals surface area contributed by atoms with Gasteiger partial charge in [0, 0.05) is 24.8 Å². The van der Waals surface area contributed by atoms with Crippen LogP contribution in [0.25, 0.3) is 0 Å². The molecular formula is C15H26N4O. The fourth-order valence-corrected chi connectivity index (χ4v) is 2.86. The van der Waals surface area contributed by atoms with Crippen molar-refractivity contribution in [3.63, 3.8) is 0 Å². The number of likely N-dealkylation sites (N-methyl/N-ethyl adjacent to an activating group) is 1. The Bertz CT molecular complexity index is 487. The van der Waals surface area contributed by atoms with Crippen LogP contribution in [0.1, 0.15) is 49.7 Å². The minimum atomic E-state index is -0.0992. The van der Waals surface area contributed by atoms with E-state index in [1.807, 2.05) is 23.6 Å². The van der Waals surface area contributed by atoms with Crippen molar-refractivity contribution in [3.8, 4) is 0 Å². The highest BCUT2D eigenvalue weighted by Gasteiger charge is 2.27. The quantitative estimate of drug-likeness (QED) is 0.897. The molecule has 1 amide bonds. The molecule has 0 saturated carbocycles. The molecule has 1 aromatic rings. The van der Waals surface area contributed by atoms with Crippen molar-refractivity contribution in [2.24, 2.45) is 0 Å². The normalized spacial score (nSPS) is 20.2. The van der Waals surface area contributed by atoms with Gasteiger partial charge in [0.15, 0.2) is 0 Å². The first-order valence-corrected chi connectivity index (χ1v) is 7.36. The van der Waals surface area contributed by atoms with E-state index < -0.39 is 0 Å². The minimum absolute atomic E-state index is 0.0992. The Balaban J connectivity index is 2.19. The van der Waals surface area contributed by atoms with E-state index >= 15 is 0 Å². The number of piperidine rings is 1. The average Bonchev–Trinajstić information content (AvgIpc) is 2.79. The van der Waals surface area contributed by atoms with E-state index in [1.54, 1.807) is 6.20 Å². The number of carbonyl (C=O) groups is 1. The Morgan fingerprint density at radius 1 is 1.45 bits per heavy atom. The third kappa shape index (κ3) is 2.87. The highest BCUT2D eigenvalue weighted by atomic mass is 16.2. The average molecular weight is 278 g/mol. The first-order chi connectivity index (χ1) is 9.34. The lowest BCUT2D eigenvalue weighted by atomic mass is 10.0. The molecule has 112 valence electrons. The van der Waals surface area contributed by atoms with Crippen molar-refractivity contribution in [2.75, 3.05) is 20.1 Å². The zero-order valence-electron chi connectivity index (χ0n) is 13.2. The van der Waals surface area contributed by atoms with Gasteiger partial charge >= 0.3 is 0 Å². The van der Waals surface area contributed by atoms with Crippen LogP contribution in [0.4, 0.5) is 0 Å². The summed E-state index contributed by atoms with van der Waals surface area (Å²) < 4.78 is 1.93. The van der Waals surface area contributed by atoms with Crippen molar-refractivity contribution >= 4 is 5.91 Å². The minimum Gasteiger partial charge on any atom is -0.337 e. The molecule has 20 heavy (non-hydrogen) atoms. The van der Waals surface area contributed by atoms with Gasteiger partial charge in [0.25, 0.3) is 5.91 Å². The second kappa shape index (κ2) is 5.56. The Morgan fingerprint density at radius 3 is 2.70 bits per heavy atom. The van der Waals surface area contributed by atoms with Crippen LogP contribution in [0.5, 0.6) is 0 Å². The summed E-state index contributed by atoms with van der Waals surface area (Å²) in [6.07, 6.45) is 3.91. The van der Waals surface area contributed by atoms with Crippen LogP contribution in [-0.2, 0) is 5.54 Å². The summed E-state index contributed by atoms with van der Waals surface area (Å²) in [7, 11) is 1.96. The van der Waals surface area contributed by atoms with Gasteiger partial charge in [0.1, 0.15) is 0 Å². The van der Waals surface area contributed by atoms with Crippen molar-refractivity contribution in [1.82, 2.24) is 20.0 Å². The Hall–Kier alpha value is -1.36. The van der Waals surface area contributed by atoms with Crippen molar-refractivity contribution < 1.29 is 4.79 Å². The summed E-state index contributed by atoms with van der Waals surface area (Å²) in [5.74, 6) is 0.109. The maximum atomic E-state index is 12.7. The molecule has 5 nitrogen and oxygen atoms in total. The fraction of sp³-hybridized carbons (Fsp3) is 0.733. The zero-order chi connectivity index (χ0) is 14.9. The second-order valence-electron chi connectivity index (χ2n) is 6.61. The molecule has 1 unspecified atom stereocenters. The predicted molar refractivity (Wildman–Crippen MR) is 79.9 cm³/mol. The summed E-state index contributed by atoms with van der Waals surface area (Å²) in [5.41, 5.74) is 1.59. The number of hydrogen-bond acceptors (Lipinski definition) is 3. The molecule has 0 aliphatic carbocycles. The first kappa shape index (κ1) is 15.0. The van der Waals surface area contributed by atoms with Crippen LogP contribution >= 0.6 is 0 Å². The van der Waals surface area contributed by atoms with Gasteiger partial charge in [0.2, 0.25) is 0 Å². The summed E-state index contributed by atoms with van der Waals surface area (Å²) in [6, 6.07) is 0.408. The van der Waals surface area contributed by atoms with Gasteiger partial charge in [-0.1, -0.05) is 0 Å². The summed E-state index contributed by atoms with van der Waals surface area (Å²) in [5, 5.41) is 7.67. The maximum absolute atomic E-state index is 12.7. The summed E-state index contributed by atoms with van der Waals surface area (Å²) in [6.45, 7) is 9.90. The topological polar surface area (TPSA) is 50.2 Å². The Kier molecular flexibility index (Phi) is 4.18. The predicted octanol–water partition coefficient (Wildman–Crippen LogP) is 1.77. The number of nitrogens with zero attached hydrogens (tertiary/aromatic N) is 3. The number of hydrogen-bond donors (Lipinski definition) is 1. The summed E-state index contributed by atoms with van der Waals surface area (Å²) in [4.78, 5) is 14.6. The van der Waals surface area contributed by atoms with Gasteiger partial charge in [-0.2, -0.15) is 5.10 Å². The molecule has 1 N–H and O–H groups in total. The molecule has 0 spiro atoms. The molecule has 1 aliphatic rings. The lowest BCUT2D eigenvalue weighted by molar-refractivity contribution is 0.0697. The monoisotopic (exact) mass is 278 g/mol. The molecule has 0 bridgehead atoms. The molecular weight excluding hydrogens is 252 g/mol. The van der Waals surface area contributed by atoms with Gasteiger partial charge in [-0.15, -0.1) is 0 Å². The second-order valence-corrected chi connectivity index (χ2v) is 6.61. The Labute approximate surface area is 121 Å². The van der Waals surface area contributed by atoms with Gasteiger partial charge in [-0.05, 0) is 47.6 Å². The standard InChI is InChI=1S/C15H26N4O/c1-11-13(9-17-19(11)15(2,3)4)14(20)18-8-6-7-12(10-18)16-5/h9,12,16H,6-8,10H2,1-5H3. The summed E-state index contributed by atoms with van der Waals surface area (Å²) >= 11 is 0. The highest BCUT2D eigenvalue weighted by Crippen LogP contribution is 2.21. The molecule has 1 atom stereocenters. The maximum Gasteiger partial charge on any atom is 0.257 e. The smallest absolute Gasteiger partial charge is 0.257 e. The van der Waals surface area contributed by atoms with E-state index in [4.69, 9.17) is 0 Å². The van der Waals surface area contributed by atoms with Crippen LogP contribution in [0, 0.1) is 6.92 Å². The number of carbonyl (C=O) groups excluding carboxylic acids is 1. The molecule has 1 saturated heterocycles. The van der Waals surface area contributed by atoms with E-state index in [1.165, 1.54) is 0 Å². The third-order valence-corrected chi connectivity index (χ3v) is 3.99. The van der Waals surface area contributed by atoms with E-state index in [9.17, 15) is 4.79 Å². The number of amides is 1. The molecule has 1 fully saturated rings. The number of aromatic nitrogens is 2. The lowest BCUT2D eigenvalue weighted by Crippen LogP contribution is -2.47. The zero-order valence-corrected chi connectivity index (χ0v) is 13.2. The number of likely N-dealkylation sites (tertiary alicyclic amines) is 1. The molecule has 2 rings (SSSR count). The van der Waals surface area contributed by atoms with Gasteiger partial charge < -0.3 is 10.2 Å². The molecule has 2 heterocycles. The first-order valence-electron chi connectivity index (χ1n) is 7.36. The number of rotatable bonds is 2. The van der Waals surface area contributed by atoms with Crippen LogP contribution in [-0.4, -0.2) is 46.8 Å². The van der Waals surface area contributed by atoms with Crippen LogP contribution < -0.4 is 5.32 Å². The van der Waals surface area contributed by atoms with E-state index in [-0.39, 0.29) is 11.4 Å². The van der Waals surface area contributed by atoms with Crippen LogP contribution in [0.15, 0.2) is 6.20 Å². The molecule has 1 aliphatic heterocycles. The van der Waals surface area contributed by atoms with Crippen molar-refractivity contribution in [1.29, 1.82) is 0 Å². The highest BCUT2D eigenvalue weighted by molar-refractivity contribution is 5.95. The SMILES string of the molecule is CNC1CCCN(C(=O)c2cnn(C(C)(C)C)c2C)C1. The molecule has 1 aromatic heterocycles. The van der Waals surface area contributed by atoms with Crippen molar-refractivity contribution in [2.45, 2.75) is 52.1 Å². The third-order valence-electron chi connectivity index (χ3n) is 3.99. The van der Waals surface area contributed by atoms with Crippen LogP contribution in [0.2, 0.25) is 0 Å². The van der Waals surface area contributed by atoms with Crippen molar-refractivity contribution in [3.05, 3.63) is 17.5 Å². The lowest BCUT2D eigenvalue weighted by Gasteiger charge is -2.32. The van der Waals surface area contributed by atoms with E-state index in [0.717, 1.165) is 37.2 Å². The van der Waals surface area contributed by atoms with Gasteiger partial charge in [-0.25, -0.2) is 0 Å². The van der Waals surface area contributed by atoms with E-state index in [2.05, 4.69) is 31.2 Å². The van der Waals surface area contributed by atoms with Gasteiger partial charge in [-0.3, -0.25) is 9.48 Å². The number of nitrogens with one attached hydrogen (secondary N) is 1. The Morgan fingerprint density at radius 2 is 2.15 bits per heavy atom. The van der Waals surface area contributed by atoms with Gasteiger partial charge in [0.05, 0.1) is 17.3 Å².